The van der Waals surface area contributed by atoms with Crippen molar-refractivity contribution in [2.24, 2.45) is 0 Å². The van der Waals surface area contributed by atoms with Crippen molar-refractivity contribution >= 4 is 15.9 Å². The number of amides is 1. The Kier molecular flexibility index (Phi) is 4.61. The van der Waals surface area contributed by atoms with Crippen LogP contribution >= 0.6 is 0 Å². The lowest BCUT2D eigenvalue weighted by Gasteiger charge is -2.23. The molecule has 1 aliphatic carbocycles. The number of hydrogen-bond acceptors (Lipinski definition) is 5. The number of hydrazine groups is 1. The molecule has 0 aromatic heterocycles. The Bertz CT molecular complexity index is 400. The zero-order valence-corrected chi connectivity index (χ0v) is 12.1. The van der Waals surface area contributed by atoms with Crippen LogP contribution in [0.4, 0.5) is 4.79 Å². The first-order valence-electron chi connectivity index (χ1n) is 6.03. The van der Waals surface area contributed by atoms with Crippen LogP contribution in [0.15, 0.2) is 0 Å². The molecule has 1 amide bonds. The Morgan fingerprint density at radius 1 is 1.28 bits per heavy atom. The summed E-state index contributed by atoms with van der Waals surface area (Å²) < 4.78 is 28.1. The lowest BCUT2D eigenvalue weighted by molar-refractivity contribution is 0.0488. The maximum absolute atomic E-state index is 11.5. The maximum atomic E-state index is 11.5. The van der Waals surface area contributed by atoms with Crippen molar-refractivity contribution in [1.29, 1.82) is 0 Å². The van der Waals surface area contributed by atoms with Crippen molar-refractivity contribution in [2.45, 2.75) is 56.9 Å². The highest BCUT2D eigenvalue weighted by atomic mass is 32.2. The first-order valence-corrected chi connectivity index (χ1v) is 7.98. The van der Waals surface area contributed by atoms with Crippen molar-refractivity contribution in [3.05, 3.63) is 0 Å². The van der Waals surface area contributed by atoms with E-state index in [-0.39, 0.29) is 6.04 Å². The van der Waals surface area contributed by atoms with Crippen LogP contribution in [-0.4, -0.2) is 37.7 Å². The molecule has 0 aromatic carbocycles. The Labute approximate surface area is 108 Å². The molecule has 18 heavy (non-hydrogen) atoms. The summed E-state index contributed by atoms with van der Waals surface area (Å²) in [6.45, 7) is 5.30. The van der Waals surface area contributed by atoms with Crippen molar-refractivity contribution < 1.29 is 17.9 Å². The van der Waals surface area contributed by atoms with Gasteiger partial charge in [-0.15, -0.1) is 0 Å². The van der Waals surface area contributed by atoms with E-state index >= 15 is 0 Å². The summed E-state index contributed by atoms with van der Waals surface area (Å²) in [7, 11) is -3.09. The molecule has 7 heteroatoms. The molecule has 0 heterocycles. The quantitative estimate of drug-likeness (QED) is 0.752. The van der Waals surface area contributed by atoms with Gasteiger partial charge in [0.1, 0.15) is 5.60 Å². The van der Waals surface area contributed by atoms with Crippen molar-refractivity contribution in [3.8, 4) is 0 Å². The van der Waals surface area contributed by atoms with Gasteiger partial charge in [-0.3, -0.25) is 5.43 Å². The fourth-order valence-corrected chi connectivity index (χ4v) is 3.45. The van der Waals surface area contributed by atoms with E-state index in [2.05, 4.69) is 10.9 Å². The molecule has 1 rings (SSSR count). The minimum Gasteiger partial charge on any atom is -0.443 e. The van der Waals surface area contributed by atoms with Crippen LogP contribution in [0.25, 0.3) is 0 Å². The van der Waals surface area contributed by atoms with Gasteiger partial charge >= 0.3 is 6.09 Å². The third kappa shape index (κ3) is 4.81. The number of rotatable bonds is 3. The van der Waals surface area contributed by atoms with Gasteiger partial charge in [0.2, 0.25) is 0 Å². The summed E-state index contributed by atoms with van der Waals surface area (Å²) in [5, 5.41) is -0.438. The standard InChI is InChI=1S/C11H22N2O4S/c1-11(2,3)17-10(14)13-12-8-6-5-7-9(8)18(4,15)16/h8-9,12H,5-7H2,1-4H3,(H,13,14). The monoisotopic (exact) mass is 278 g/mol. The fourth-order valence-electron chi connectivity index (χ4n) is 2.06. The second-order valence-corrected chi connectivity index (χ2v) is 7.94. The number of hydrogen-bond donors (Lipinski definition) is 2. The number of carbonyl (C=O) groups excluding carboxylic acids is 1. The number of ether oxygens (including phenoxy) is 1. The normalized spacial score (nSPS) is 24.9. The second kappa shape index (κ2) is 5.44. The molecule has 1 aliphatic rings. The highest BCUT2D eigenvalue weighted by Gasteiger charge is 2.35. The molecule has 106 valence electrons. The highest BCUT2D eigenvalue weighted by Crippen LogP contribution is 2.24. The van der Waals surface area contributed by atoms with E-state index in [0.717, 1.165) is 12.8 Å². The highest BCUT2D eigenvalue weighted by molar-refractivity contribution is 7.91. The molecule has 0 aliphatic heterocycles. The average Bonchev–Trinajstić information content (AvgIpc) is 2.58. The molecule has 0 bridgehead atoms. The molecular weight excluding hydrogens is 256 g/mol. The SMILES string of the molecule is CC(C)(C)OC(=O)NNC1CCCC1S(C)(=O)=O. The molecule has 0 aromatic rings. The van der Waals surface area contributed by atoms with E-state index in [1.807, 2.05) is 0 Å². The van der Waals surface area contributed by atoms with Crippen LogP contribution in [0, 0.1) is 0 Å². The van der Waals surface area contributed by atoms with E-state index in [1.54, 1.807) is 20.8 Å². The van der Waals surface area contributed by atoms with Gasteiger partial charge in [0, 0.05) is 12.3 Å². The number of sulfone groups is 1. The van der Waals surface area contributed by atoms with E-state index in [4.69, 9.17) is 4.74 Å². The molecule has 1 saturated carbocycles. The van der Waals surface area contributed by atoms with Gasteiger partial charge in [0.15, 0.2) is 9.84 Å². The number of carbonyl (C=O) groups is 1. The topological polar surface area (TPSA) is 84.5 Å². The molecular formula is C11H22N2O4S. The van der Waals surface area contributed by atoms with Gasteiger partial charge in [0.25, 0.3) is 0 Å². The summed E-state index contributed by atoms with van der Waals surface area (Å²) in [5.74, 6) is 0. The predicted octanol–water partition coefficient (Wildman–Crippen LogP) is 0.981. The molecule has 2 N–H and O–H groups in total. The summed E-state index contributed by atoms with van der Waals surface area (Å²) in [6.07, 6.45) is 2.83. The van der Waals surface area contributed by atoms with Gasteiger partial charge in [-0.2, -0.15) is 0 Å². The maximum Gasteiger partial charge on any atom is 0.422 e. The number of nitrogens with one attached hydrogen (secondary N) is 2. The average molecular weight is 278 g/mol. The minimum atomic E-state index is -3.09. The van der Waals surface area contributed by atoms with Crippen LogP contribution in [0.1, 0.15) is 40.0 Å². The van der Waals surface area contributed by atoms with E-state index in [9.17, 15) is 13.2 Å². The van der Waals surface area contributed by atoms with Crippen molar-refractivity contribution in [3.63, 3.8) is 0 Å². The van der Waals surface area contributed by atoms with Crippen LogP contribution in [0.5, 0.6) is 0 Å². The van der Waals surface area contributed by atoms with Gasteiger partial charge in [-0.25, -0.2) is 18.6 Å². The second-order valence-electron chi connectivity index (χ2n) is 5.68. The summed E-state index contributed by atoms with van der Waals surface area (Å²) >= 11 is 0. The predicted molar refractivity (Wildman–Crippen MR) is 68.8 cm³/mol. The smallest absolute Gasteiger partial charge is 0.422 e. The lowest BCUT2D eigenvalue weighted by atomic mass is 10.2. The fraction of sp³-hybridized carbons (Fsp3) is 0.909. The first kappa shape index (κ1) is 15.2. The Hall–Kier alpha value is -0.820. The largest absolute Gasteiger partial charge is 0.443 e. The molecule has 2 unspecified atom stereocenters. The third-order valence-electron chi connectivity index (χ3n) is 2.76. The van der Waals surface area contributed by atoms with Crippen LogP contribution in [-0.2, 0) is 14.6 Å². The molecule has 0 saturated heterocycles. The molecule has 0 radical (unpaired) electrons. The molecule has 2 atom stereocenters. The minimum absolute atomic E-state index is 0.243. The van der Waals surface area contributed by atoms with E-state index in [1.165, 1.54) is 6.26 Å². The van der Waals surface area contributed by atoms with E-state index in [0.29, 0.717) is 6.42 Å². The molecule has 1 fully saturated rings. The van der Waals surface area contributed by atoms with Crippen molar-refractivity contribution in [2.75, 3.05) is 6.26 Å². The van der Waals surface area contributed by atoms with Crippen molar-refractivity contribution in [1.82, 2.24) is 10.9 Å². The Morgan fingerprint density at radius 3 is 2.39 bits per heavy atom. The van der Waals surface area contributed by atoms with Crippen LogP contribution in [0.2, 0.25) is 0 Å². The van der Waals surface area contributed by atoms with Gasteiger partial charge in [-0.05, 0) is 33.6 Å². The Morgan fingerprint density at radius 2 is 1.89 bits per heavy atom. The van der Waals surface area contributed by atoms with Crippen LogP contribution in [0.3, 0.4) is 0 Å². The lowest BCUT2D eigenvalue weighted by Crippen LogP contribution is -2.50. The van der Waals surface area contributed by atoms with Gasteiger partial charge in [0.05, 0.1) is 5.25 Å². The zero-order chi connectivity index (χ0) is 14.0. The van der Waals surface area contributed by atoms with Gasteiger partial charge in [-0.1, -0.05) is 6.42 Å². The summed E-state index contributed by atoms with van der Waals surface area (Å²) in [4.78, 5) is 11.4. The molecule has 6 nitrogen and oxygen atoms in total. The molecule has 0 spiro atoms. The Balaban J connectivity index is 2.46. The zero-order valence-electron chi connectivity index (χ0n) is 11.3. The third-order valence-corrected chi connectivity index (χ3v) is 4.43. The summed E-state index contributed by atoms with van der Waals surface area (Å²) in [6, 6.07) is -0.243. The van der Waals surface area contributed by atoms with Crippen LogP contribution < -0.4 is 10.9 Å². The first-order chi connectivity index (χ1) is 8.09. The van der Waals surface area contributed by atoms with E-state index < -0.39 is 26.8 Å². The summed E-state index contributed by atoms with van der Waals surface area (Å²) in [5.41, 5.74) is 4.59. The van der Waals surface area contributed by atoms with Gasteiger partial charge < -0.3 is 4.74 Å².